The summed E-state index contributed by atoms with van der Waals surface area (Å²) in [7, 11) is 0. The average molecular weight is 250 g/mol. The van der Waals surface area contributed by atoms with Crippen LogP contribution in [0.1, 0.15) is 32.6 Å². The highest BCUT2D eigenvalue weighted by molar-refractivity contribution is 7.14. The Hall–Kier alpha value is -1.62. The van der Waals surface area contributed by atoms with E-state index in [9.17, 15) is 4.79 Å². The van der Waals surface area contributed by atoms with Gasteiger partial charge in [-0.3, -0.25) is 4.79 Å². The molecule has 90 valence electrons. The first-order chi connectivity index (χ1) is 8.20. The number of amides is 1. The van der Waals surface area contributed by atoms with Crippen molar-refractivity contribution in [3.05, 3.63) is 39.4 Å². The third kappa shape index (κ3) is 2.74. The van der Waals surface area contributed by atoms with Crippen LogP contribution >= 0.6 is 11.3 Å². The van der Waals surface area contributed by atoms with Crippen molar-refractivity contribution in [3.8, 4) is 0 Å². The zero-order chi connectivity index (χ0) is 12.3. The number of nitrogens with zero attached hydrogens (tertiary/aromatic N) is 1. The molecule has 0 atom stereocenters. The van der Waals surface area contributed by atoms with Crippen LogP contribution in [0.2, 0.25) is 0 Å². The standard InChI is InChI=1S/C12H14N2O2S/c1-3-10-8(2)4-11(17-10)12(15)13-5-9-6-14-16-7-9/h4,6-7H,3,5H2,1-2H3,(H,13,15). The minimum atomic E-state index is -0.0426. The highest BCUT2D eigenvalue weighted by atomic mass is 32.1. The lowest BCUT2D eigenvalue weighted by Crippen LogP contribution is -2.21. The van der Waals surface area contributed by atoms with Crippen molar-refractivity contribution in [2.45, 2.75) is 26.8 Å². The van der Waals surface area contributed by atoms with Gasteiger partial charge in [0, 0.05) is 17.0 Å². The SMILES string of the molecule is CCc1sc(C(=O)NCc2cnoc2)cc1C. The van der Waals surface area contributed by atoms with Gasteiger partial charge >= 0.3 is 0 Å². The molecule has 0 bridgehead atoms. The summed E-state index contributed by atoms with van der Waals surface area (Å²) in [5, 5.41) is 6.42. The third-order valence-corrected chi connectivity index (χ3v) is 3.88. The first-order valence-electron chi connectivity index (χ1n) is 5.46. The second-order valence-corrected chi connectivity index (χ2v) is 4.92. The lowest BCUT2D eigenvalue weighted by Gasteiger charge is -1.99. The van der Waals surface area contributed by atoms with Gasteiger partial charge in [-0.15, -0.1) is 11.3 Å². The fourth-order valence-corrected chi connectivity index (χ4v) is 2.60. The van der Waals surface area contributed by atoms with Crippen molar-refractivity contribution < 1.29 is 9.32 Å². The molecule has 0 saturated heterocycles. The average Bonchev–Trinajstić information content (AvgIpc) is 2.94. The minimum absolute atomic E-state index is 0.0426. The zero-order valence-corrected chi connectivity index (χ0v) is 10.6. The van der Waals surface area contributed by atoms with E-state index < -0.39 is 0 Å². The molecule has 0 radical (unpaired) electrons. The number of hydrogen-bond acceptors (Lipinski definition) is 4. The highest BCUT2D eigenvalue weighted by Crippen LogP contribution is 2.22. The van der Waals surface area contributed by atoms with Gasteiger partial charge in [0.2, 0.25) is 0 Å². The van der Waals surface area contributed by atoms with Crippen LogP contribution in [0, 0.1) is 6.92 Å². The molecule has 0 aliphatic heterocycles. The van der Waals surface area contributed by atoms with Gasteiger partial charge in [-0.05, 0) is 25.0 Å². The quantitative estimate of drug-likeness (QED) is 0.907. The number of nitrogens with one attached hydrogen (secondary N) is 1. The van der Waals surface area contributed by atoms with E-state index in [-0.39, 0.29) is 5.91 Å². The van der Waals surface area contributed by atoms with Crippen LogP contribution < -0.4 is 5.32 Å². The molecule has 2 rings (SSSR count). The molecule has 17 heavy (non-hydrogen) atoms. The highest BCUT2D eigenvalue weighted by Gasteiger charge is 2.11. The Balaban J connectivity index is 1.99. The topological polar surface area (TPSA) is 55.1 Å². The second kappa shape index (κ2) is 5.14. The van der Waals surface area contributed by atoms with Gasteiger partial charge in [0.15, 0.2) is 0 Å². The Kier molecular flexibility index (Phi) is 3.58. The van der Waals surface area contributed by atoms with Crippen molar-refractivity contribution in [2.24, 2.45) is 0 Å². The summed E-state index contributed by atoms with van der Waals surface area (Å²) < 4.78 is 4.69. The first kappa shape index (κ1) is 11.9. The summed E-state index contributed by atoms with van der Waals surface area (Å²) in [5.74, 6) is -0.0426. The van der Waals surface area contributed by atoms with Crippen LogP contribution in [0.25, 0.3) is 0 Å². The predicted molar refractivity (Wildman–Crippen MR) is 66.1 cm³/mol. The monoisotopic (exact) mass is 250 g/mol. The van der Waals surface area contributed by atoms with Crippen LogP contribution in [0.3, 0.4) is 0 Å². The van der Waals surface area contributed by atoms with Gasteiger partial charge in [-0.1, -0.05) is 12.1 Å². The van der Waals surface area contributed by atoms with Gasteiger partial charge in [-0.2, -0.15) is 0 Å². The van der Waals surface area contributed by atoms with E-state index in [1.807, 2.05) is 13.0 Å². The van der Waals surface area contributed by atoms with E-state index in [1.165, 1.54) is 16.7 Å². The van der Waals surface area contributed by atoms with E-state index >= 15 is 0 Å². The molecule has 2 aromatic rings. The Morgan fingerprint density at radius 3 is 3.00 bits per heavy atom. The number of thiophene rings is 1. The molecule has 1 N–H and O–H groups in total. The summed E-state index contributed by atoms with van der Waals surface area (Å²) in [6, 6.07) is 1.94. The van der Waals surface area contributed by atoms with Gasteiger partial charge in [0.05, 0.1) is 11.1 Å². The maximum Gasteiger partial charge on any atom is 0.261 e. The molecule has 1 amide bonds. The molecule has 5 heteroatoms. The number of aromatic nitrogens is 1. The van der Waals surface area contributed by atoms with Gasteiger partial charge in [-0.25, -0.2) is 0 Å². The van der Waals surface area contributed by atoms with Crippen LogP contribution in [0.5, 0.6) is 0 Å². The molecular formula is C12H14N2O2S. The Labute approximate surface area is 104 Å². The Morgan fingerprint density at radius 1 is 1.59 bits per heavy atom. The number of aryl methyl sites for hydroxylation is 2. The zero-order valence-electron chi connectivity index (χ0n) is 9.82. The van der Waals surface area contributed by atoms with Crippen molar-refractivity contribution in [3.63, 3.8) is 0 Å². The molecular weight excluding hydrogens is 236 g/mol. The summed E-state index contributed by atoms with van der Waals surface area (Å²) in [6.07, 6.45) is 4.09. The molecule has 0 aromatic carbocycles. The lowest BCUT2D eigenvalue weighted by atomic mass is 10.2. The number of hydrogen-bond donors (Lipinski definition) is 1. The number of carbonyl (C=O) groups is 1. The van der Waals surface area contributed by atoms with E-state index in [4.69, 9.17) is 4.52 Å². The maximum absolute atomic E-state index is 11.9. The summed E-state index contributed by atoms with van der Waals surface area (Å²) in [5.41, 5.74) is 2.05. The molecule has 2 heterocycles. The third-order valence-electron chi connectivity index (χ3n) is 2.50. The summed E-state index contributed by atoms with van der Waals surface area (Å²) >= 11 is 1.55. The fraction of sp³-hybridized carbons (Fsp3) is 0.333. The molecule has 0 spiro atoms. The minimum Gasteiger partial charge on any atom is -0.364 e. The second-order valence-electron chi connectivity index (χ2n) is 3.79. The van der Waals surface area contributed by atoms with Gasteiger partial charge < -0.3 is 9.84 Å². The van der Waals surface area contributed by atoms with Gasteiger partial charge in [0.1, 0.15) is 6.26 Å². The Morgan fingerprint density at radius 2 is 2.41 bits per heavy atom. The van der Waals surface area contributed by atoms with Crippen molar-refractivity contribution in [2.75, 3.05) is 0 Å². The van der Waals surface area contributed by atoms with E-state index in [0.717, 1.165) is 16.9 Å². The van der Waals surface area contributed by atoms with Crippen molar-refractivity contribution in [1.82, 2.24) is 10.5 Å². The molecule has 4 nitrogen and oxygen atoms in total. The summed E-state index contributed by atoms with van der Waals surface area (Å²) in [6.45, 7) is 4.57. The molecule has 0 fully saturated rings. The first-order valence-corrected chi connectivity index (χ1v) is 6.28. The maximum atomic E-state index is 11.9. The molecule has 0 unspecified atom stereocenters. The van der Waals surface area contributed by atoms with Crippen molar-refractivity contribution in [1.29, 1.82) is 0 Å². The number of rotatable bonds is 4. The smallest absolute Gasteiger partial charge is 0.261 e. The Bertz CT molecular complexity index is 503. The summed E-state index contributed by atoms with van der Waals surface area (Å²) in [4.78, 5) is 13.9. The number of carbonyl (C=O) groups excluding carboxylic acids is 1. The predicted octanol–water partition coefficient (Wildman–Crippen LogP) is 2.54. The van der Waals surface area contributed by atoms with Crippen LogP contribution in [-0.2, 0) is 13.0 Å². The lowest BCUT2D eigenvalue weighted by molar-refractivity contribution is 0.0955. The molecule has 0 aliphatic carbocycles. The molecule has 2 aromatic heterocycles. The molecule has 0 saturated carbocycles. The van der Waals surface area contributed by atoms with Crippen LogP contribution in [0.4, 0.5) is 0 Å². The van der Waals surface area contributed by atoms with Gasteiger partial charge in [0.25, 0.3) is 5.91 Å². The van der Waals surface area contributed by atoms with Crippen LogP contribution in [0.15, 0.2) is 23.0 Å². The molecule has 0 aliphatic rings. The van der Waals surface area contributed by atoms with E-state index in [1.54, 1.807) is 17.5 Å². The van der Waals surface area contributed by atoms with E-state index in [2.05, 4.69) is 17.4 Å². The van der Waals surface area contributed by atoms with Crippen molar-refractivity contribution >= 4 is 17.2 Å². The van der Waals surface area contributed by atoms with Crippen LogP contribution in [-0.4, -0.2) is 11.1 Å². The fourth-order valence-electron chi connectivity index (χ4n) is 1.57. The normalized spacial score (nSPS) is 10.5. The van der Waals surface area contributed by atoms with E-state index in [0.29, 0.717) is 6.54 Å². The largest absolute Gasteiger partial charge is 0.364 e.